The van der Waals surface area contributed by atoms with Crippen molar-refractivity contribution in [1.82, 2.24) is 9.88 Å². The van der Waals surface area contributed by atoms with Crippen LogP contribution in [0.15, 0.2) is 34.9 Å². The van der Waals surface area contributed by atoms with E-state index < -0.39 is 0 Å². The largest absolute Gasteiger partial charge is 0.441 e. The van der Waals surface area contributed by atoms with Gasteiger partial charge in [0, 0.05) is 36.5 Å². The number of morpholine rings is 1. The van der Waals surface area contributed by atoms with Gasteiger partial charge in [-0.2, -0.15) is 0 Å². The highest BCUT2D eigenvalue weighted by Gasteiger charge is 2.23. The van der Waals surface area contributed by atoms with E-state index in [4.69, 9.17) is 20.8 Å². The number of carbonyl (C=O) groups is 1. The fraction of sp³-hybridized carbons (Fsp3) is 0.444. The number of hydrogen-bond acceptors (Lipinski definition) is 4. The van der Waals surface area contributed by atoms with Crippen LogP contribution in [0.25, 0.3) is 11.3 Å². The first kappa shape index (κ1) is 17.0. The van der Waals surface area contributed by atoms with Crippen molar-refractivity contribution in [2.24, 2.45) is 0 Å². The molecule has 0 saturated carbocycles. The van der Waals surface area contributed by atoms with E-state index in [9.17, 15) is 4.79 Å². The molecule has 1 atom stereocenters. The van der Waals surface area contributed by atoms with E-state index in [1.54, 1.807) is 6.20 Å². The van der Waals surface area contributed by atoms with Crippen LogP contribution in [-0.4, -0.2) is 41.6 Å². The molecule has 0 radical (unpaired) electrons. The quantitative estimate of drug-likeness (QED) is 0.829. The molecule has 3 rings (SSSR count). The third-order valence-corrected chi connectivity index (χ3v) is 4.43. The number of oxazole rings is 1. The minimum Gasteiger partial charge on any atom is -0.441 e. The van der Waals surface area contributed by atoms with Crippen LogP contribution in [0.2, 0.25) is 5.02 Å². The average molecular weight is 349 g/mol. The summed E-state index contributed by atoms with van der Waals surface area (Å²) in [6.07, 6.45) is 3.66. The van der Waals surface area contributed by atoms with E-state index in [0.717, 1.165) is 12.0 Å². The number of halogens is 1. The van der Waals surface area contributed by atoms with Gasteiger partial charge in [0.1, 0.15) is 0 Å². The molecule has 24 heavy (non-hydrogen) atoms. The molecule has 0 unspecified atom stereocenters. The summed E-state index contributed by atoms with van der Waals surface area (Å²) in [4.78, 5) is 18.5. The maximum absolute atomic E-state index is 12.3. The standard InChI is InChI=1S/C18H21ClN2O3/c1-2-15-12-21(9-10-23-15)18(22)8-7-17-20-11-16(24-17)13-3-5-14(19)6-4-13/h3-6,11,15H,2,7-10,12H2,1H3/t15-/m1/s1. The van der Waals surface area contributed by atoms with Gasteiger partial charge in [-0.05, 0) is 30.7 Å². The zero-order valence-corrected chi connectivity index (χ0v) is 14.5. The number of aryl methyl sites for hydroxylation is 1. The van der Waals surface area contributed by atoms with E-state index in [1.807, 2.05) is 29.2 Å². The molecule has 0 spiro atoms. The Morgan fingerprint density at radius 1 is 1.38 bits per heavy atom. The average Bonchev–Trinajstić information content (AvgIpc) is 3.09. The summed E-state index contributed by atoms with van der Waals surface area (Å²) in [5.41, 5.74) is 0.920. The molecule has 0 N–H and O–H groups in total. The Labute approximate surface area is 146 Å². The van der Waals surface area contributed by atoms with E-state index >= 15 is 0 Å². The maximum Gasteiger partial charge on any atom is 0.223 e. The number of rotatable bonds is 5. The van der Waals surface area contributed by atoms with Crippen molar-refractivity contribution in [1.29, 1.82) is 0 Å². The van der Waals surface area contributed by atoms with Gasteiger partial charge in [-0.1, -0.05) is 18.5 Å². The van der Waals surface area contributed by atoms with E-state index in [-0.39, 0.29) is 12.0 Å². The third-order valence-electron chi connectivity index (χ3n) is 4.18. The van der Waals surface area contributed by atoms with Gasteiger partial charge >= 0.3 is 0 Å². The molecule has 128 valence electrons. The van der Waals surface area contributed by atoms with Gasteiger partial charge < -0.3 is 14.1 Å². The highest BCUT2D eigenvalue weighted by molar-refractivity contribution is 6.30. The van der Waals surface area contributed by atoms with Crippen LogP contribution in [0.1, 0.15) is 25.7 Å². The lowest BCUT2D eigenvalue weighted by molar-refractivity contribution is -0.138. The Balaban J connectivity index is 1.55. The topological polar surface area (TPSA) is 55.6 Å². The number of nitrogens with zero attached hydrogens (tertiary/aromatic N) is 2. The van der Waals surface area contributed by atoms with Crippen LogP contribution < -0.4 is 0 Å². The van der Waals surface area contributed by atoms with Gasteiger partial charge in [0.25, 0.3) is 0 Å². The lowest BCUT2D eigenvalue weighted by atomic mass is 10.2. The molecule has 2 heterocycles. The predicted molar refractivity (Wildman–Crippen MR) is 91.9 cm³/mol. The van der Waals surface area contributed by atoms with E-state index in [0.29, 0.717) is 49.2 Å². The number of hydrogen-bond donors (Lipinski definition) is 0. The molecular formula is C18H21ClN2O3. The molecule has 1 amide bonds. The molecule has 6 heteroatoms. The SMILES string of the molecule is CC[C@@H]1CN(C(=O)CCc2ncc(-c3ccc(Cl)cc3)o2)CCO1. The second kappa shape index (κ2) is 7.81. The highest BCUT2D eigenvalue weighted by Crippen LogP contribution is 2.23. The molecule has 1 aromatic heterocycles. The predicted octanol–water partition coefficient (Wildman–Crippen LogP) is 3.57. The zero-order chi connectivity index (χ0) is 16.9. The molecule has 0 bridgehead atoms. The number of amides is 1. The first-order valence-corrected chi connectivity index (χ1v) is 8.63. The molecule has 2 aromatic rings. The van der Waals surface area contributed by atoms with E-state index in [1.165, 1.54) is 0 Å². The monoisotopic (exact) mass is 348 g/mol. The van der Waals surface area contributed by atoms with Crippen molar-refractivity contribution in [3.8, 4) is 11.3 Å². The highest BCUT2D eigenvalue weighted by atomic mass is 35.5. The summed E-state index contributed by atoms with van der Waals surface area (Å²) >= 11 is 5.89. The second-order valence-corrected chi connectivity index (χ2v) is 6.30. The zero-order valence-electron chi connectivity index (χ0n) is 13.7. The van der Waals surface area contributed by atoms with Gasteiger partial charge in [0.15, 0.2) is 11.7 Å². The fourth-order valence-corrected chi connectivity index (χ4v) is 2.86. The molecule has 1 fully saturated rings. The Morgan fingerprint density at radius 3 is 2.92 bits per heavy atom. The summed E-state index contributed by atoms with van der Waals surface area (Å²) in [5.74, 6) is 1.39. The number of aromatic nitrogens is 1. The fourth-order valence-electron chi connectivity index (χ4n) is 2.74. The molecule has 0 aliphatic carbocycles. The van der Waals surface area contributed by atoms with Gasteiger partial charge in [0.05, 0.1) is 18.9 Å². The smallest absolute Gasteiger partial charge is 0.223 e. The van der Waals surface area contributed by atoms with Crippen molar-refractivity contribution < 1.29 is 13.9 Å². The first-order chi connectivity index (χ1) is 11.7. The van der Waals surface area contributed by atoms with Crippen molar-refractivity contribution in [3.63, 3.8) is 0 Å². The van der Waals surface area contributed by atoms with Gasteiger partial charge in [-0.25, -0.2) is 4.98 Å². The summed E-state index contributed by atoms with van der Waals surface area (Å²) < 4.78 is 11.3. The summed E-state index contributed by atoms with van der Waals surface area (Å²) in [5, 5.41) is 0.681. The molecule has 1 aromatic carbocycles. The number of benzene rings is 1. The number of carbonyl (C=O) groups excluding carboxylic acids is 1. The van der Waals surface area contributed by atoms with Gasteiger partial charge in [-0.15, -0.1) is 0 Å². The van der Waals surface area contributed by atoms with Crippen LogP contribution >= 0.6 is 11.6 Å². The van der Waals surface area contributed by atoms with Gasteiger partial charge in [0.2, 0.25) is 5.91 Å². The Kier molecular flexibility index (Phi) is 5.53. The minimum absolute atomic E-state index is 0.128. The van der Waals surface area contributed by atoms with Gasteiger partial charge in [-0.3, -0.25) is 4.79 Å². The lowest BCUT2D eigenvalue weighted by Crippen LogP contribution is -2.45. The molecule has 1 aliphatic heterocycles. The summed E-state index contributed by atoms with van der Waals surface area (Å²) in [6.45, 7) is 4.03. The van der Waals surface area contributed by atoms with Crippen LogP contribution in [0.3, 0.4) is 0 Å². The Hall–Kier alpha value is -1.85. The number of ether oxygens (including phenoxy) is 1. The molecular weight excluding hydrogens is 328 g/mol. The van der Waals surface area contributed by atoms with Crippen molar-refractivity contribution in [2.75, 3.05) is 19.7 Å². The first-order valence-electron chi connectivity index (χ1n) is 8.25. The summed E-state index contributed by atoms with van der Waals surface area (Å²) in [6, 6.07) is 7.39. The van der Waals surface area contributed by atoms with E-state index in [2.05, 4.69) is 11.9 Å². The Bertz CT molecular complexity index is 684. The third kappa shape index (κ3) is 4.16. The van der Waals surface area contributed by atoms with Crippen molar-refractivity contribution in [3.05, 3.63) is 41.4 Å². The van der Waals surface area contributed by atoms with Crippen molar-refractivity contribution in [2.45, 2.75) is 32.3 Å². The normalized spacial score (nSPS) is 17.9. The maximum atomic E-state index is 12.3. The summed E-state index contributed by atoms with van der Waals surface area (Å²) in [7, 11) is 0. The second-order valence-electron chi connectivity index (χ2n) is 5.87. The van der Waals surface area contributed by atoms with Crippen LogP contribution in [0.5, 0.6) is 0 Å². The van der Waals surface area contributed by atoms with Crippen LogP contribution in [-0.2, 0) is 16.0 Å². The lowest BCUT2D eigenvalue weighted by Gasteiger charge is -2.32. The van der Waals surface area contributed by atoms with Crippen LogP contribution in [0.4, 0.5) is 0 Å². The Morgan fingerprint density at radius 2 is 2.17 bits per heavy atom. The molecule has 1 saturated heterocycles. The van der Waals surface area contributed by atoms with Crippen molar-refractivity contribution >= 4 is 17.5 Å². The molecule has 1 aliphatic rings. The molecule has 5 nitrogen and oxygen atoms in total. The van der Waals surface area contributed by atoms with Crippen LogP contribution in [0, 0.1) is 0 Å². The minimum atomic E-state index is 0.128.